The van der Waals surface area contributed by atoms with Crippen LogP contribution in [0.1, 0.15) is 6.92 Å². The van der Waals surface area contributed by atoms with Crippen molar-refractivity contribution >= 4 is 78.3 Å². The molecule has 1 atom stereocenters. The first-order valence-electron chi connectivity index (χ1n) is 2.66. The summed E-state index contributed by atoms with van der Waals surface area (Å²) in [5.41, 5.74) is 0. The molecule has 11 heavy (non-hydrogen) atoms. The summed E-state index contributed by atoms with van der Waals surface area (Å²) in [6, 6.07) is 0. The number of halogens is 6. The maximum Gasteiger partial charge on any atom is 0.203 e. The van der Waals surface area contributed by atoms with E-state index in [2.05, 4.69) is 38.8 Å². The zero-order valence-electron chi connectivity index (χ0n) is 5.76. The summed E-state index contributed by atoms with van der Waals surface area (Å²) in [6.45, 7) is 2.09. The lowest BCUT2D eigenvalue weighted by Crippen LogP contribution is -2.01. The van der Waals surface area contributed by atoms with Gasteiger partial charge in [0.2, 0.25) is 3.79 Å². The lowest BCUT2D eigenvalue weighted by molar-refractivity contribution is 1.17. The van der Waals surface area contributed by atoms with Crippen molar-refractivity contribution in [1.82, 2.24) is 0 Å². The fourth-order valence-corrected chi connectivity index (χ4v) is 0. The summed E-state index contributed by atoms with van der Waals surface area (Å²) in [4.78, 5) is 0.613. The Hall–Kier alpha value is 2.12. The lowest BCUT2D eigenvalue weighted by atomic mass is 10.6. The molecule has 0 saturated heterocycles. The van der Waals surface area contributed by atoms with Crippen molar-refractivity contribution < 1.29 is 0 Å². The molecule has 0 aromatic rings. The lowest BCUT2D eigenvalue weighted by Gasteiger charge is -2.00. The normalized spacial score (nSPS) is 13.4. The van der Waals surface area contributed by atoms with Gasteiger partial charge in [0.25, 0.3) is 0 Å². The highest BCUT2D eigenvalue weighted by atomic mass is 79.9. The highest BCUT2D eigenvalue weighted by Gasteiger charge is 2.16. The smallest absolute Gasteiger partial charge is 0.122 e. The van der Waals surface area contributed by atoms with Crippen LogP contribution < -0.4 is 0 Å². The topological polar surface area (TPSA) is 0 Å². The predicted octanol–water partition coefficient (Wildman–Crippen LogP) is 4.76. The van der Waals surface area contributed by atoms with Gasteiger partial charge in [-0.3, -0.25) is 0 Å². The van der Waals surface area contributed by atoms with Gasteiger partial charge < -0.3 is 0 Å². The third kappa shape index (κ3) is 24.5. The van der Waals surface area contributed by atoms with Gasteiger partial charge in [0.1, 0.15) is 0 Å². The summed E-state index contributed by atoms with van der Waals surface area (Å²) in [7, 11) is 0. The molecular weight excluding hydrogens is 362 g/mol. The van der Waals surface area contributed by atoms with Crippen LogP contribution in [0.5, 0.6) is 0 Å². The highest BCUT2D eigenvalue weighted by molar-refractivity contribution is 9.12. The zero-order valence-corrected chi connectivity index (χ0v) is 12.0. The van der Waals surface area contributed by atoms with Crippen LogP contribution in [0.4, 0.5) is 0 Å². The Morgan fingerprint density at radius 2 is 1.55 bits per heavy atom. The summed E-state index contributed by atoms with van der Waals surface area (Å²) < 4.78 is -1.28. The van der Waals surface area contributed by atoms with Crippen molar-refractivity contribution in [3.8, 4) is 0 Å². The Labute approximate surface area is 104 Å². The van der Waals surface area contributed by atoms with E-state index in [-0.39, 0.29) is 5.88 Å². The van der Waals surface area contributed by atoms with Crippen LogP contribution >= 0.6 is 78.3 Å². The van der Waals surface area contributed by atoms with Crippen LogP contribution in [0.25, 0.3) is 0 Å². The fraction of sp³-hybridized carbons (Fsp3) is 1.00. The number of rotatable bonds is 1. The van der Waals surface area contributed by atoms with E-state index in [9.17, 15) is 0 Å². The maximum absolute atomic E-state index is 5.12. The molecule has 0 aromatic heterocycles. The summed E-state index contributed by atoms with van der Waals surface area (Å²) in [5.74, 6) is 0.0394. The molecule has 0 radical (unpaired) electrons. The first-order chi connectivity index (χ1) is 4.83. The van der Waals surface area contributed by atoms with E-state index in [0.717, 1.165) is 5.33 Å². The Morgan fingerprint density at radius 1 is 1.36 bits per heavy atom. The Kier molecular flexibility index (Phi) is 12.3. The van der Waals surface area contributed by atoms with Crippen LogP contribution in [0, 0.1) is 0 Å². The number of alkyl halides is 6. The minimum absolute atomic E-state index is 0.0394. The zero-order chi connectivity index (χ0) is 9.49. The van der Waals surface area contributed by atoms with Gasteiger partial charge in [0, 0.05) is 10.2 Å². The fourth-order valence-electron chi connectivity index (χ4n) is 0. The quantitative estimate of drug-likeness (QED) is 0.585. The monoisotopic (exact) mass is 366 g/mol. The van der Waals surface area contributed by atoms with E-state index in [1.165, 1.54) is 0 Å². The summed E-state index contributed by atoms with van der Waals surface area (Å²) >= 11 is 27.0. The third-order valence-corrected chi connectivity index (χ3v) is 3.74. The third-order valence-electron chi connectivity index (χ3n) is 0.364. The molecule has 0 spiro atoms. The van der Waals surface area contributed by atoms with Crippen LogP contribution in [-0.2, 0) is 0 Å². The van der Waals surface area contributed by atoms with Crippen molar-refractivity contribution in [3.63, 3.8) is 0 Å². The molecule has 0 aliphatic carbocycles. The van der Waals surface area contributed by atoms with Crippen molar-refractivity contribution in [2.45, 2.75) is 15.5 Å². The first kappa shape index (κ1) is 15.6. The second kappa shape index (κ2) is 8.71. The van der Waals surface area contributed by atoms with Crippen molar-refractivity contribution in [3.05, 3.63) is 0 Å². The molecule has 0 aromatic carbocycles. The van der Waals surface area contributed by atoms with Gasteiger partial charge in [0.15, 0.2) is 0 Å². The molecule has 0 aliphatic heterocycles. The molecule has 0 saturated carbocycles. The van der Waals surface area contributed by atoms with Gasteiger partial charge in [0.05, 0.1) is 5.88 Å². The van der Waals surface area contributed by atoms with Gasteiger partial charge in [-0.05, 0) is 0 Å². The largest absolute Gasteiger partial charge is 0.203 e. The van der Waals surface area contributed by atoms with E-state index < -0.39 is 3.79 Å². The van der Waals surface area contributed by atoms with Gasteiger partial charge in [-0.2, -0.15) is 0 Å². The first-order valence-corrected chi connectivity index (χ1v) is 6.36. The van der Waals surface area contributed by atoms with Gasteiger partial charge >= 0.3 is 0 Å². The molecule has 70 valence electrons. The molecule has 0 N–H and O–H groups in total. The van der Waals surface area contributed by atoms with E-state index >= 15 is 0 Å². The molecule has 0 fully saturated rings. The minimum Gasteiger partial charge on any atom is -0.122 e. The van der Waals surface area contributed by atoms with Crippen molar-refractivity contribution in [1.29, 1.82) is 0 Å². The molecule has 0 amide bonds. The van der Waals surface area contributed by atoms with Crippen LogP contribution in [-0.4, -0.2) is 19.8 Å². The van der Waals surface area contributed by atoms with E-state index in [0.29, 0.717) is 4.83 Å². The molecule has 0 aliphatic rings. The summed E-state index contributed by atoms with van der Waals surface area (Å²) in [6.07, 6.45) is 0. The highest BCUT2D eigenvalue weighted by Crippen LogP contribution is 2.26. The second-order valence-corrected chi connectivity index (χ2v) is 6.68. The van der Waals surface area contributed by atoms with E-state index in [4.69, 9.17) is 46.4 Å². The average Bonchev–Trinajstić information content (AvgIpc) is 1.88. The van der Waals surface area contributed by atoms with Crippen molar-refractivity contribution in [2.75, 3.05) is 11.2 Å². The van der Waals surface area contributed by atoms with Crippen LogP contribution in [0.3, 0.4) is 0 Å². The van der Waals surface area contributed by atoms with Crippen LogP contribution in [0.2, 0.25) is 0 Å². The van der Waals surface area contributed by atoms with Crippen LogP contribution in [0.15, 0.2) is 0 Å². The molecule has 0 nitrogen and oxygen atoms in total. The average molecular weight is 370 g/mol. The Morgan fingerprint density at radius 3 is 1.55 bits per heavy atom. The van der Waals surface area contributed by atoms with E-state index in [1.54, 1.807) is 0 Å². The van der Waals surface area contributed by atoms with Gasteiger partial charge in [-0.1, -0.05) is 73.6 Å². The summed E-state index contributed by atoms with van der Waals surface area (Å²) in [5, 5.41) is 1.03. The Bertz CT molecular complexity index is 81.0. The molecular formula is C5H8Br2Cl4. The van der Waals surface area contributed by atoms with Gasteiger partial charge in [-0.15, -0.1) is 11.6 Å². The van der Waals surface area contributed by atoms with E-state index in [1.807, 2.05) is 0 Å². The molecule has 0 heterocycles. The maximum atomic E-state index is 5.12. The predicted molar refractivity (Wildman–Crippen MR) is 63.2 cm³/mol. The molecule has 0 rings (SSSR count). The number of hydrogen-bond donors (Lipinski definition) is 0. The standard InChI is InChI=1S/C3H6Br2.C2H2Cl4/c1-3(5)2-4;3-1-2(4,5)6/h3H,2H2,1H3;1H2. The van der Waals surface area contributed by atoms with Gasteiger partial charge in [-0.25, -0.2) is 0 Å². The molecule has 6 heteroatoms. The second-order valence-electron chi connectivity index (χ2n) is 1.68. The van der Waals surface area contributed by atoms with Crippen molar-refractivity contribution in [2.24, 2.45) is 0 Å². The minimum atomic E-state index is -1.28. The Balaban J connectivity index is 0. The SMILES string of the molecule is CC(Br)CBr.ClCC(Cl)(Cl)Cl. The number of hydrogen-bond acceptors (Lipinski definition) is 0. The molecule has 1 unspecified atom stereocenters. The molecule has 0 bridgehead atoms.